The van der Waals surface area contributed by atoms with Crippen molar-refractivity contribution in [2.75, 3.05) is 5.73 Å². The van der Waals surface area contributed by atoms with Crippen molar-refractivity contribution in [3.8, 4) is 11.4 Å². The molecular weight excluding hydrogens is 270 g/mol. The zero-order valence-electron chi connectivity index (χ0n) is 11.5. The molecule has 20 heavy (non-hydrogen) atoms. The van der Waals surface area contributed by atoms with Crippen LogP contribution >= 0.6 is 11.6 Å². The molecule has 0 atom stereocenters. The van der Waals surface area contributed by atoms with Crippen LogP contribution in [0.4, 0.5) is 5.69 Å². The van der Waals surface area contributed by atoms with Crippen molar-refractivity contribution in [1.82, 2.24) is 9.55 Å². The molecular formula is C16H16ClN3. The highest BCUT2D eigenvalue weighted by Gasteiger charge is 2.12. The van der Waals surface area contributed by atoms with E-state index in [0.717, 1.165) is 29.0 Å². The van der Waals surface area contributed by atoms with Crippen LogP contribution in [0.2, 0.25) is 5.02 Å². The summed E-state index contributed by atoms with van der Waals surface area (Å²) in [4.78, 5) is 4.75. The number of nitrogens with two attached hydrogens (primary N) is 1. The molecule has 2 N–H and O–H groups in total. The maximum atomic E-state index is 5.99. The number of anilines is 1. The minimum Gasteiger partial charge on any atom is -0.398 e. The van der Waals surface area contributed by atoms with Crippen molar-refractivity contribution in [3.05, 3.63) is 47.0 Å². The van der Waals surface area contributed by atoms with Gasteiger partial charge in [0, 0.05) is 12.1 Å². The fourth-order valence-electron chi connectivity index (χ4n) is 2.46. The van der Waals surface area contributed by atoms with Crippen molar-refractivity contribution >= 4 is 28.3 Å². The molecule has 0 aliphatic heterocycles. The van der Waals surface area contributed by atoms with Gasteiger partial charge >= 0.3 is 0 Å². The Morgan fingerprint density at radius 3 is 2.70 bits per heavy atom. The van der Waals surface area contributed by atoms with Gasteiger partial charge in [-0.05, 0) is 49.7 Å². The minimum absolute atomic E-state index is 0.573. The van der Waals surface area contributed by atoms with Crippen LogP contribution in [0.25, 0.3) is 22.4 Å². The van der Waals surface area contributed by atoms with Gasteiger partial charge in [-0.3, -0.25) is 0 Å². The summed E-state index contributed by atoms with van der Waals surface area (Å²) in [5.74, 6) is 0.927. The van der Waals surface area contributed by atoms with Gasteiger partial charge in [-0.2, -0.15) is 0 Å². The Morgan fingerprint density at radius 1 is 1.20 bits per heavy atom. The summed E-state index contributed by atoms with van der Waals surface area (Å²) in [5, 5.41) is 0.573. The Kier molecular flexibility index (Phi) is 3.14. The monoisotopic (exact) mass is 285 g/mol. The van der Waals surface area contributed by atoms with Crippen LogP contribution in [0, 0.1) is 6.92 Å². The fraction of sp³-hybridized carbons (Fsp3) is 0.188. The first-order valence-corrected chi connectivity index (χ1v) is 7.00. The Hall–Kier alpha value is -2.00. The second-order valence-electron chi connectivity index (χ2n) is 4.91. The molecule has 0 unspecified atom stereocenters. The lowest BCUT2D eigenvalue weighted by Crippen LogP contribution is -1.98. The molecule has 0 saturated heterocycles. The maximum Gasteiger partial charge on any atom is 0.141 e. The van der Waals surface area contributed by atoms with E-state index in [2.05, 4.69) is 36.6 Å². The number of hydrogen-bond acceptors (Lipinski definition) is 2. The van der Waals surface area contributed by atoms with E-state index in [1.807, 2.05) is 18.2 Å². The Morgan fingerprint density at radius 2 is 2.00 bits per heavy atom. The summed E-state index contributed by atoms with van der Waals surface area (Å²) >= 11 is 5.99. The van der Waals surface area contributed by atoms with Crippen molar-refractivity contribution in [3.63, 3.8) is 0 Å². The molecule has 0 aliphatic carbocycles. The van der Waals surface area contributed by atoms with Crippen LogP contribution in [0.15, 0.2) is 36.4 Å². The van der Waals surface area contributed by atoms with Gasteiger partial charge in [0.1, 0.15) is 5.82 Å². The van der Waals surface area contributed by atoms with Crippen molar-refractivity contribution in [1.29, 1.82) is 0 Å². The molecule has 2 aromatic carbocycles. The summed E-state index contributed by atoms with van der Waals surface area (Å²) in [7, 11) is 0. The fourth-order valence-corrected chi connectivity index (χ4v) is 2.58. The normalized spacial score (nSPS) is 11.2. The summed E-state index contributed by atoms with van der Waals surface area (Å²) < 4.78 is 2.19. The Labute approximate surface area is 123 Å². The van der Waals surface area contributed by atoms with Gasteiger partial charge in [-0.15, -0.1) is 0 Å². The molecule has 0 amide bonds. The predicted octanol–water partition coefficient (Wildman–Crippen LogP) is 4.27. The number of aromatic nitrogens is 2. The van der Waals surface area contributed by atoms with Crippen LogP contribution in [0.3, 0.4) is 0 Å². The number of hydrogen-bond donors (Lipinski definition) is 1. The molecule has 102 valence electrons. The molecule has 0 radical (unpaired) electrons. The lowest BCUT2D eigenvalue weighted by atomic mass is 10.2. The summed E-state index contributed by atoms with van der Waals surface area (Å²) in [6.07, 6.45) is 0. The molecule has 0 fully saturated rings. The van der Waals surface area contributed by atoms with Crippen LogP contribution in [0.5, 0.6) is 0 Å². The van der Waals surface area contributed by atoms with Crippen molar-refractivity contribution in [2.24, 2.45) is 0 Å². The van der Waals surface area contributed by atoms with Gasteiger partial charge in [0.2, 0.25) is 0 Å². The van der Waals surface area contributed by atoms with E-state index in [1.54, 1.807) is 0 Å². The SMILES string of the molecule is CCn1c(-c2ccc(Cl)c(N)c2)nc2cc(C)ccc21. The minimum atomic E-state index is 0.573. The van der Waals surface area contributed by atoms with E-state index in [9.17, 15) is 0 Å². The van der Waals surface area contributed by atoms with Crippen molar-refractivity contribution < 1.29 is 0 Å². The van der Waals surface area contributed by atoms with Gasteiger partial charge in [0.15, 0.2) is 0 Å². The van der Waals surface area contributed by atoms with Crippen LogP contribution < -0.4 is 5.73 Å². The third kappa shape index (κ3) is 2.04. The number of imidazole rings is 1. The van der Waals surface area contributed by atoms with Crippen LogP contribution in [-0.4, -0.2) is 9.55 Å². The highest BCUT2D eigenvalue weighted by molar-refractivity contribution is 6.33. The number of halogens is 1. The molecule has 0 spiro atoms. The number of fused-ring (bicyclic) bond motifs is 1. The molecule has 1 heterocycles. The van der Waals surface area contributed by atoms with Gasteiger partial charge in [-0.25, -0.2) is 4.98 Å². The maximum absolute atomic E-state index is 5.99. The van der Waals surface area contributed by atoms with E-state index in [-0.39, 0.29) is 0 Å². The van der Waals surface area contributed by atoms with E-state index < -0.39 is 0 Å². The Bertz CT molecular complexity index is 790. The second-order valence-corrected chi connectivity index (χ2v) is 5.32. The summed E-state index contributed by atoms with van der Waals surface area (Å²) in [5.41, 5.74) is 10.8. The lowest BCUT2D eigenvalue weighted by Gasteiger charge is -2.07. The molecule has 3 aromatic rings. The zero-order valence-corrected chi connectivity index (χ0v) is 12.3. The van der Waals surface area contributed by atoms with E-state index in [0.29, 0.717) is 10.7 Å². The van der Waals surface area contributed by atoms with E-state index in [1.165, 1.54) is 5.56 Å². The number of nitrogen functional groups attached to an aromatic ring is 1. The standard InChI is InChI=1S/C16H16ClN3/c1-3-20-15-7-4-10(2)8-14(15)19-16(20)11-5-6-12(17)13(18)9-11/h4-9H,3,18H2,1-2H3. The molecule has 4 heteroatoms. The largest absolute Gasteiger partial charge is 0.398 e. The number of aryl methyl sites for hydroxylation is 2. The quantitative estimate of drug-likeness (QED) is 0.715. The summed E-state index contributed by atoms with van der Waals surface area (Å²) in [6.45, 7) is 5.05. The average Bonchev–Trinajstić information content (AvgIpc) is 2.79. The first-order valence-electron chi connectivity index (χ1n) is 6.62. The highest BCUT2D eigenvalue weighted by atomic mass is 35.5. The first-order chi connectivity index (χ1) is 9.60. The second kappa shape index (κ2) is 4.84. The molecule has 3 nitrogen and oxygen atoms in total. The van der Waals surface area contributed by atoms with Gasteiger partial charge in [-0.1, -0.05) is 17.7 Å². The van der Waals surface area contributed by atoms with Crippen LogP contribution in [-0.2, 0) is 6.54 Å². The third-order valence-corrected chi connectivity index (χ3v) is 3.82. The smallest absolute Gasteiger partial charge is 0.141 e. The van der Waals surface area contributed by atoms with Crippen LogP contribution in [0.1, 0.15) is 12.5 Å². The Balaban J connectivity index is 2.26. The lowest BCUT2D eigenvalue weighted by molar-refractivity contribution is 0.796. The molecule has 0 bridgehead atoms. The summed E-state index contributed by atoms with van der Waals surface area (Å²) in [6, 6.07) is 12.0. The topological polar surface area (TPSA) is 43.8 Å². The van der Waals surface area contributed by atoms with Gasteiger partial charge in [0.05, 0.1) is 21.7 Å². The number of nitrogens with zero attached hydrogens (tertiary/aromatic N) is 2. The molecule has 1 aromatic heterocycles. The number of rotatable bonds is 2. The highest BCUT2D eigenvalue weighted by Crippen LogP contribution is 2.29. The van der Waals surface area contributed by atoms with Crippen molar-refractivity contribution in [2.45, 2.75) is 20.4 Å². The molecule has 0 aliphatic rings. The predicted molar refractivity (Wildman–Crippen MR) is 85.0 cm³/mol. The number of benzene rings is 2. The van der Waals surface area contributed by atoms with E-state index >= 15 is 0 Å². The van der Waals surface area contributed by atoms with Gasteiger partial charge < -0.3 is 10.3 Å². The molecule has 3 rings (SSSR count). The first kappa shape index (κ1) is 13.0. The average molecular weight is 286 g/mol. The molecule has 0 saturated carbocycles. The van der Waals surface area contributed by atoms with E-state index in [4.69, 9.17) is 22.3 Å². The van der Waals surface area contributed by atoms with Gasteiger partial charge in [0.25, 0.3) is 0 Å². The third-order valence-electron chi connectivity index (χ3n) is 3.47. The zero-order chi connectivity index (χ0) is 14.3.